The molecular formula is C23H22N6O3. The molecule has 5 rings (SSSR count). The van der Waals surface area contributed by atoms with Crippen molar-refractivity contribution in [3.05, 3.63) is 66.4 Å². The first-order valence-electron chi connectivity index (χ1n) is 10.5. The van der Waals surface area contributed by atoms with Crippen LogP contribution in [0.1, 0.15) is 29.2 Å². The lowest BCUT2D eigenvalue weighted by atomic mass is 10.0. The molecule has 1 aliphatic rings. The zero-order valence-corrected chi connectivity index (χ0v) is 17.6. The molecule has 0 aliphatic carbocycles. The number of nitrogens with zero attached hydrogens (tertiary/aromatic N) is 6. The van der Waals surface area contributed by atoms with E-state index >= 15 is 0 Å². The van der Waals surface area contributed by atoms with Crippen molar-refractivity contribution in [2.24, 2.45) is 0 Å². The fourth-order valence-corrected chi connectivity index (χ4v) is 3.91. The summed E-state index contributed by atoms with van der Waals surface area (Å²) in [5, 5.41) is 12.5. The summed E-state index contributed by atoms with van der Waals surface area (Å²) in [5.41, 5.74) is 2.00. The minimum absolute atomic E-state index is 0.0144. The molecule has 0 spiro atoms. The van der Waals surface area contributed by atoms with Gasteiger partial charge in [0.25, 0.3) is 11.8 Å². The number of ether oxygens (including phenoxy) is 1. The minimum atomic E-state index is -0.0144. The summed E-state index contributed by atoms with van der Waals surface area (Å²) < 4.78 is 12.5. The van der Waals surface area contributed by atoms with Gasteiger partial charge < -0.3 is 14.2 Å². The second kappa shape index (κ2) is 8.62. The number of methoxy groups -OCH3 is 1. The number of aromatic nitrogens is 5. The van der Waals surface area contributed by atoms with Gasteiger partial charge in [-0.1, -0.05) is 52.8 Å². The van der Waals surface area contributed by atoms with Crippen molar-refractivity contribution in [1.29, 1.82) is 0 Å². The Labute approximate surface area is 184 Å². The van der Waals surface area contributed by atoms with Crippen molar-refractivity contribution >= 4 is 5.91 Å². The lowest BCUT2D eigenvalue weighted by Gasteiger charge is -2.32. The molecule has 1 amide bonds. The number of para-hydroxylation sites is 1. The Hall–Kier alpha value is -4.01. The normalized spacial score (nSPS) is 14.5. The van der Waals surface area contributed by atoms with Crippen LogP contribution < -0.4 is 4.74 Å². The van der Waals surface area contributed by atoms with Gasteiger partial charge in [-0.05, 0) is 25.0 Å². The van der Waals surface area contributed by atoms with E-state index < -0.39 is 0 Å². The lowest BCUT2D eigenvalue weighted by molar-refractivity contribution is 0.0686. The van der Waals surface area contributed by atoms with E-state index in [-0.39, 0.29) is 11.9 Å². The van der Waals surface area contributed by atoms with E-state index in [4.69, 9.17) is 9.26 Å². The van der Waals surface area contributed by atoms with E-state index in [1.165, 1.54) is 0 Å². The van der Waals surface area contributed by atoms with Crippen molar-refractivity contribution in [2.75, 3.05) is 20.2 Å². The van der Waals surface area contributed by atoms with Crippen molar-refractivity contribution in [3.63, 3.8) is 0 Å². The number of carbonyl (C=O) groups is 1. The van der Waals surface area contributed by atoms with Crippen molar-refractivity contribution < 1.29 is 14.1 Å². The van der Waals surface area contributed by atoms with Crippen LogP contribution in [0.5, 0.6) is 5.75 Å². The molecule has 1 aliphatic heterocycles. The third-order valence-electron chi connectivity index (χ3n) is 5.65. The third kappa shape index (κ3) is 3.84. The third-order valence-corrected chi connectivity index (χ3v) is 5.65. The van der Waals surface area contributed by atoms with Gasteiger partial charge >= 0.3 is 0 Å². The summed E-state index contributed by atoms with van der Waals surface area (Å²) in [7, 11) is 1.58. The van der Waals surface area contributed by atoms with E-state index in [1.54, 1.807) is 19.2 Å². The van der Waals surface area contributed by atoms with E-state index in [0.29, 0.717) is 41.8 Å². The molecule has 4 aromatic rings. The smallest absolute Gasteiger partial charge is 0.280 e. The first-order chi connectivity index (χ1) is 15.7. The summed E-state index contributed by atoms with van der Waals surface area (Å²) >= 11 is 0. The Kier molecular flexibility index (Phi) is 5.37. The summed E-state index contributed by atoms with van der Waals surface area (Å²) in [5.74, 6) is 1.42. The second-order valence-corrected chi connectivity index (χ2v) is 7.60. The average molecular weight is 430 g/mol. The van der Waals surface area contributed by atoms with Crippen LogP contribution in [0.2, 0.25) is 0 Å². The Balaban J connectivity index is 1.25. The SMILES string of the molecule is COc1ccccc1C(=O)N1CCC(n2cc(-c3nc(-c4ccccc4)no3)nn2)CC1. The van der Waals surface area contributed by atoms with Gasteiger partial charge in [0.2, 0.25) is 5.82 Å². The standard InChI is InChI=1S/C23H22N6O3/c1-31-20-10-6-5-9-18(20)23(30)28-13-11-17(12-14-28)29-15-19(25-27-29)22-24-21(26-32-22)16-7-3-2-4-8-16/h2-10,15,17H,11-14H2,1H3. The van der Waals surface area contributed by atoms with Crippen LogP contribution in [-0.2, 0) is 0 Å². The maximum Gasteiger partial charge on any atom is 0.280 e. The summed E-state index contributed by atoms with van der Waals surface area (Å²) in [4.78, 5) is 19.2. The molecule has 2 aromatic heterocycles. The highest BCUT2D eigenvalue weighted by Gasteiger charge is 2.27. The molecule has 1 fully saturated rings. The number of amides is 1. The van der Waals surface area contributed by atoms with Crippen LogP contribution in [0.25, 0.3) is 23.0 Å². The van der Waals surface area contributed by atoms with Crippen LogP contribution in [0, 0.1) is 0 Å². The first kappa shape index (κ1) is 19.9. The van der Waals surface area contributed by atoms with Gasteiger partial charge in [-0.15, -0.1) is 5.10 Å². The molecule has 0 unspecified atom stereocenters. The van der Waals surface area contributed by atoms with E-state index in [9.17, 15) is 4.79 Å². The fraction of sp³-hybridized carbons (Fsp3) is 0.261. The molecule has 2 aromatic carbocycles. The highest BCUT2D eigenvalue weighted by Crippen LogP contribution is 2.27. The summed E-state index contributed by atoms with van der Waals surface area (Å²) in [6, 6.07) is 17.1. The molecular weight excluding hydrogens is 408 g/mol. The Morgan fingerprint density at radius 3 is 2.59 bits per heavy atom. The predicted molar refractivity (Wildman–Crippen MR) is 116 cm³/mol. The van der Waals surface area contributed by atoms with Gasteiger partial charge in [0.15, 0.2) is 5.69 Å². The molecule has 0 saturated carbocycles. The molecule has 3 heterocycles. The Morgan fingerprint density at radius 2 is 1.81 bits per heavy atom. The monoisotopic (exact) mass is 430 g/mol. The van der Waals surface area contributed by atoms with Gasteiger partial charge in [-0.2, -0.15) is 4.98 Å². The van der Waals surface area contributed by atoms with Crippen molar-refractivity contribution in [1.82, 2.24) is 30.0 Å². The maximum atomic E-state index is 12.9. The van der Waals surface area contributed by atoms with Gasteiger partial charge in [-0.3, -0.25) is 4.79 Å². The summed E-state index contributed by atoms with van der Waals surface area (Å²) in [6.45, 7) is 1.27. The number of piperidine rings is 1. The molecule has 162 valence electrons. The number of hydrogen-bond acceptors (Lipinski definition) is 7. The van der Waals surface area contributed by atoms with Gasteiger partial charge in [0, 0.05) is 18.7 Å². The number of hydrogen-bond donors (Lipinski definition) is 0. The molecule has 1 saturated heterocycles. The number of benzene rings is 2. The molecule has 0 radical (unpaired) electrons. The predicted octanol–water partition coefficient (Wildman–Crippen LogP) is 3.48. The highest BCUT2D eigenvalue weighted by atomic mass is 16.5. The van der Waals surface area contributed by atoms with Crippen LogP contribution in [-0.4, -0.2) is 56.1 Å². The Morgan fingerprint density at radius 1 is 1.06 bits per heavy atom. The number of likely N-dealkylation sites (tertiary alicyclic amines) is 1. The summed E-state index contributed by atoms with van der Waals surface area (Å²) in [6.07, 6.45) is 3.39. The van der Waals surface area contributed by atoms with Crippen molar-refractivity contribution in [3.8, 4) is 28.7 Å². The lowest BCUT2D eigenvalue weighted by Crippen LogP contribution is -2.39. The van der Waals surface area contributed by atoms with Crippen LogP contribution in [0.4, 0.5) is 0 Å². The average Bonchev–Trinajstić information content (AvgIpc) is 3.54. The molecule has 9 heteroatoms. The van der Waals surface area contributed by atoms with Gasteiger partial charge in [0.05, 0.1) is 24.9 Å². The largest absolute Gasteiger partial charge is 0.496 e. The molecule has 9 nitrogen and oxygen atoms in total. The number of carbonyl (C=O) groups excluding carboxylic acids is 1. The zero-order chi connectivity index (χ0) is 21.9. The fourth-order valence-electron chi connectivity index (χ4n) is 3.91. The highest BCUT2D eigenvalue weighted by molar-refractivity contribution is 5.97. The van der Waals surface area contributed by atoms with Gasteiger partial charge in [-0.25, -0.2) is 4.68 Å². The Bertz CT molecular complexity index is 1210. The second-order valence-electron chi connectivity index (χ2n) is 7.60. The maximum absolute atomic E-state index is 12.9. The van der Waals surface area contributed by atoms with E-state index in [0.717, 1.165) is 18.4 Å². The number of rotatable bonds is 5. The molecule has 0 bridgehead atoms. The molecule has 32 heavy (non-hydrogen) atoms. The van der Waals surface area contributed by atoms with E-state index in [1.807, 2.05) is 58.2 Å². The van der Waals surface area contributed by atoms with Gasteiger partial charge in [0.1, 0.15) is 5.75 Å². The quantitative estimate of drug-likeness (QED) is 0.478. The minimum Gasteiger partial charge on any atom is -0.496 e. The van der Waals surface area contributed by atoms with Crippen LogP contribution in [0.3, 0.4) is 0 Å². The molecule has 0 atom stereocenters. The topological polar surface area (TPSA) is 99.2 Å². The molecule has 0 N–H and O–H groups in total. The zero-order valence-electron chi connectivity index (χ0n) is 17.6. The van der Waals surface area contributed by atoms with Crippen LogP contribution >= 0.6 is 0 Å². The van der Waals surface area contributed by atoms with E-state index in [2.05, 4.69) is 20.5 Å². The van der Waals surface area contributed by atoms with Crippen molar-refractivity contribution in [2.45, 2.75) is 18.9 Å². The van der Waals surface area contributed by atoms with Crippen LogP contribution in [0.15, 0.2) is 65.3 Å². The first-order valence-corrected chi connectivity index (χ1v) is 10.5.